The quantitative estimate of drug-likeness (QED) is 0.0613. The van der Waals surface area contributed by atoms with E-state index in [9.17, 15) is 0 Å². The molecule has 0 rings (SSSR count). The van der Waals surface area contributed by atoms with E-state index in [0.29, 0.717) is 26.4 Å². The molecule has 0 saturated carbocycles. The zero-order chi connectivity index (χ0) is 27.7. The van der Waals surface area contributed by atoms with Crippen LogP contribution >= 0.6 is 8.46 Å². The molecule has 1 atom stereocenters. The van der Waals surface area contributed by atoms with Gasteiger partial charge in [-0.25, -0.2) is 0 Å². The van der Waals surface area contributed by atoms with E-state index in [0.717, 1.165) is 25.7 Å². The molecule has 0 aliphatic rings. The van der Waals surface area contributed by atoms with Gasteiger partial charge in [-0.15, -0.1) is 0 Å². The Morgan fingerprint density at radius 3 is 0.639 bits per heavy atom. The molecule has 0 bridgehead atoms. The van der Waals surface area contributed by atoms with Crippen LogP contribution in [0.15, 0.2) is 0 Å². The van der Waals surface area contributed by atoms with E-state index >= 15 is 0 Å². The molecule has 0 amide bonds. The molecule has 0 aromatic rings. The molecule has 0 heterocycles. The summed E-state index contributed by atoms with van der Waals surface area (Å²) in [6, 6.07) is 0. The van der Waals surface area contributed by atoms with Crippen LogP contribution in [-0.4, -0.2) is 53.5 Å². The summed E-state index contributed by atoms with van der Waals surface area (Å²) in [6.07, 6.45) is 24.3. The summed E-state index contributed by atoms with van der Waals surface area (Å²) in [7, 11) is -0.167. The van der Waals surface area contributed by atoms with Gasteiger partial charge >= 0.3 is 8.46 Å². The Hall–Kier alpha value is 0.602. The standard InChI is InChI=1S/4C7H16O.CH3OP.Pd/c4*1-2-3-4-5-6-7-8;1-3-2;/h4*8H,2-7H2,1H3;1H3;/p+1. The SMILES string of the molecule is CCCCCCCO.CCCCCCCO.CCCCCCCO.CCCCCCCO.C[PH+]=O.[Pd]. The fourth-order valence-corrected chi connectivity index (χ4v) is 2.86. The molecule has 5 nitrogen and oxygen atoms in total. The van der Waals surface area contributed by atoms with Crippen LogP contribution in [0, 0.1) is 0 Å². The number of hydrogen-bond acceptors (Lipinski definition) is 5. The van der Waals surface area contributed by atoms with Gasteiger partial charge in [0, 0.05) is 46.9 Å². The zero-order valence-corrected chi connectivity index (χ0v) is 27.5. The van der Waals surface area contributed by atoms with Gasteiger partial charge in [-0.05, 0) is 25.7 Å². The van der Waals surface area contributed by atoms with Gasteiger partial charge in [0.05, 0.1) is 0 Å². The normalized spacial score (nSPS) is 9.25. The Bertz CT molecular complexity index is 216. The third-order valence-corrected chi connectivity index (χ3v) is 5.05. The number of aliphatic hydroxyl groups is 4. The van der Waals surface area contributed by atoms with Gasteiger partial charge in [0.2, 0.25) is 0 Å². The third-order valence-electron chi connectivity index (χ3n) is 5.05. The van der Waals surface area contributed by atoms with Gasteiger partial charge in [0.1, 0.15) is 6.66 Å². The molecule has 0 aliphatic carbocycles. The van der Waals surface area contributed by atoms with Crippen LogP contribution in [0.3, 0.4) is 0 Å². The minimum absolute atomic E-state index is 0. The Morgan fingerprint density at radius 2 is 0.528 bits per heavy atom. The van der Waals surface area contributed by atoms with E-state index in [1.165, 1.54) is 103 Å². The van der Waals surface area contributed by atoms with Crippen molar-refractivity contribution >= 4 is 8.46 Å². The largest absolute Gasteiger partial charge is 0.396 e. The predicted molar refractivity (Wildman–Crippen MR) is 158 cm³/mol. The fraction of sp³-hybridized carbons (Fsp3) is 1.00. The number of unbranched alkanes of at least 4 members (excludes halogenated alkanes) is 16. The van der Waals surface area contributed by atoms with Crippen molar-refractivity contribution in [2.45, 2.75) is 156 Å². The fourth-order valence-electron chi connectivity index (χ4n) is 2.86. The summed E-state index contributed by atoms with van der Waals surface area (Å²) in [5.74, 6) is 0. The van der Waals surface area contributed by atoms with Crippen molar-refractivity contribution in [1.29, 1.82) is 0 Å². The predicted octanol–water partition coefficient (Wildman–Crippen LogP) is 8.43. The van der Waals surface area contributed by atoms with Crippen LogP contribution in [0.5, 0.6) is 0 Å². The second kappa shape index (κ2) is 65.0. The second-order valence-electron chi connectivity index (χ2n) is 8.76. The van der Waals surface area contributed by atoms with E-state index in [-0.39, 0.29) is 28.9 Å². The van der Waals surface area contributed by atoms with Gasteiger partial charge in [0.25, 0.3) is 0 Å². The van der Waals surface area contributed by atoms with E-state index in [1.807, 2.05) is 0 Å². The van der Waals surface area contributed by atoms with Gasteiger partial charge in [-0.3, -0.25) is 0 Å². The maximum Gasteiger partial charge on any atom is 0.321 e. The van der Waals surface area contributed by atoms with Gasteiger partial charge in [-0.2, -0.15) is 0 Å². The van der Waals surface area contributed by atoms with E-state index < -0.39 is 0 Å². The number of aliphatic hydroxyl groups excluding tert-OH is 4. The Balaban J connectivity index is -0.0000000795. The van der Waals surface area contributed by atoms with Gasteiger partial charge in [-0.1, -0.05) is 135 Å². The molecule has 36 heavy (non-hydrogen) atoms. The van der Waals surface area contributed by atoms with Crippen molar-refractivity contribution in [1.82, 2.24) is 0 Å². The van der Waals surface area contributed by atoms with Crippen molar-refractivity contribution in [3.05, 3.63) is 0 Å². The summed E-state index contributed by atoms with van der Waals surface area (Å²) in [6.45, 7) is 11.8. The minimum Gasteiger partial charge on any atom is -0.396 e. The minimum atomic E-state index is -0.167. The average molecular weight is 634 g/mol. The molecule has 0 radical (unpaired) electrons. The molecule has 0 aromatic carbocycles. The average Bonchev–Trinajstić information content (AvgIpc) is 2.87. The topological polar surface area (TPSA) is 98.0 Å². The molecule has 0 fully saturated rings. The summed E-state index contributed by atoms with van der Waals surface area (Å²) >= 11 is 0. The van der Waals surface area contributed by atoms with Crippen LogP contribution in [0.25, 0.3) is 0 Å². The Morgan fingerprint density at radius 1 is 0.389 bits per heavy atom. The maximum absolute atomic E-state index is 8.96. The molecule has 228 valence electrons. The molecule has 7 heteroatoms. The molecular formula is C29H68O5PPd+. The smallest absolute Gasteiger partial charge is 0.321 e. The van der Waals surface area contributed by atoms with Crippen molar-refractivity contribution in [3.8, 4) is 0 Å². The molecule has 0 aliphatic heterocycles. The molecule has 0 saturated heterocycles. The molecule has 1 unspecified atom stereocenters. The van der Waals surface area contributed by atoms with Gasteiger partial charge in [0.15, 0.2) is 0 Å². The van der Waals surface area contributed by atoms with Crippen molar-refractivity contribution in [2.24, 2.45) is 0 Å². The first-order valence-corrected chi connectivity index (χ1v) is 16.2. The molecule has 0 spiro atoms. The van der Waals surface area contributed by atoms with Crippen LogP contribution in [0.4, 0.5) is 0 Å². The van der Waals surface area contributed by atoms with Crippen LogP contribution in [0.2, 0.25) is 0 Å². The maximum atomic E-state index is 8.96. The van der Waals surface area contributed by atoms with Crippen LogP contribution in [-0.2, 0) is 25.0 Å². The van der Waals surface area contributed by atoms with Crippen molar-refractivity contribution in [2.75, 3.05) is 33.1 Å². The number of rotatable bonds is 20. The first-order valence-electron chi connectivity index (χ1n) is 14.8. The Labute approximate surface area is 242 Å². The summed E-state index contributed by atoms with van der Waals surface area (Å²) in [4.78, 5) is 0. The van der Waals surface area contributed by atoms with Crippen molar-refractivity contribution in [3.63, 3.8) is 0 Å². The zero-order valence-electron chi connectivity index (χ0n) is 25.0. The first kappa shape index (κ1) is 49.5. The first-order chi connectivity index (χ1) is 17.1. The molecule has 0 aromatic heterocycles. The monoisotopic (exact) mass is 633 g/mol. The van der Waals surface area contributed by atoms with E-state index in [4.69, 9.17) is 25.0 Å². The van der Waals surface area contributed by atoms with Gasteiger partial charge < -0.3 is 20.4 Å². The summed E-state index contributed by atoms with van der Waals surface area (Å²) < 4.78 is 8.96. The third kappa shape index (κ3) is 92.0. The number of hydrogen-bond donors (Lipinski definition) is 4. The van der Waals surface area contributed by atoms with E-state index in [2.05, 4.69) is 27.7 Å². The molecular weight excluding hydrogens is 566 g/mol. The summed E-state index contributed by atoms with van der Waals surface area (Å²) in [5, 5.41) is 33.5. The molecule has 4 N–H and O–H groups in total. The van der Waals surface area contributed by atoms with E-state index in [1.54, 1.807) is 6.66 Å². The van der Waals surface area contributed by atoms with Crippen LogP contribution in [0.1, 0.15) is 156 Å². The second-order valence-corrected chi connectivity index (χ2v) is 9.16. The summed E-state index contributed by atoms with van der Waals surface area (Å²) in [5.41, 5.74) is 0. The Kier molecular flexibility index (Phi) is 89.5. The van der Waals surface area contributed by atoms with Crippen LogP contribution < -0.4 is 0 Å². The van der Waals surface area contributed by atoms with Crippen molar-refractivity contribution < 1.29 is 45.4 Å².